The first-order valence-electron chi connectivity index (χ1n) is 6.50. The summed E-state index contributed by atoms with van der Waals surface area (Å²) >= 11 is 3.37. The van der Waals surface area contributed by atoms with Crippen LogP contribution in [-0.2, 0) is 4.79 Å². The number of rotatable bonds is 3. The largest absolute Gasteiger partial charge is 0.391 e. The molecule has 1 amide bonds. The van der Waals surface area contributed by atoms with Crippen LogP contribution in [0.15, 0.2) is 34.8 Å². The Labute approximate surface area is 122 Å². The monoisotopic (exact) mass is 323 g/mol. The van der Waals surface area contributed by atoms with E-state index in [9.17, 15) is 9.90 Å². The molecule has 19 heavy (non-hydrogen) atoms. The Kier molecular flexibility index (Phi) is 4.77. The van der Waals surface area contributed by atoms with Gasteiger partial charge in [0.15, 0.2) is 0 Å². The first-order valence-corrected chi connectivity index (χ1v) is 7.30. The molecule has 102 valence electrons. The second-order valence-electron chi connectivity index (χ2n) is 4.86. The van der Waals surface area contributed by atoms with Crippen molar-refractivity contribution >= 4 is 27.9 Å². The minimum atomic E-state index is -0.380. The van der Waals surface area contributed by atoms with Gasteiger partial charge in [0.05, 0.1) is 6.10 Å². The Bertz CT molecular complexity index is 470. The third-order valence-electron chi connectivity index (χ3n) is 3.53. The number of amides is 1. The van der Waals surface area contributed by atoms with E-state index < -0.39 is 0 Å². The van der Waals surface area contributed by atoms with Crippen molar-refractivity contribution in [2.24, 2.45) is 5.92 Å². The van der Waals surface area contributed by atoms with Crippen molar-refractivity contribution in [3.05, 3.63) is 40.4 Å². The van der Waals surface area contributed by atoms with Gasteiger partial charge in [-0.15, -0.1) is 0 Å². The zero-order chi connectivity index (χ0) is 13.8. The van der Waals surface area contributed by atoms with Gasteiger partial charge in [0.2, 0.25) is 5.91 Å². The highest BCUT2D eigenvalue weighted by Gasteiger charge is 2.31. The number of likely N-dealkylation sites (tertiary alicyclic amines) is 1. The van der Waals surface area contributed by atoms with Gasteiger partial charge in [0, 0.05) is 29.6 Å². The van der Waals surface area contributed by atoms with E-state index in [1.54, 1.807) is 17.1 Å². The predicted octanol–water partition coefficient (Wildman–Crippen LogP) is 2.69. The van der Waals surface area contributed by atoms with E-state index in [-0.39, 0.29) is 17.9 Å². The van der Waals surface area contributed by atoms with Crippen molar-refractivity contribution in [1.29, 1.82) is 0 Å². The van der Waals surface area contributed by atoms with Crippen molar-refractivity contribution in [3.8, 4) is 0 Å². The summed E-state index contributed by atoms with van der Waals surface area (Å²) in [5.41, 5.74) is 0.989. The predicted molar refractivity (Wildman–Crippen MR) is 79.5 cm³/mol. The van der Waals surface area contributed by atoms with E-state index in [2.05, 4.69) is 15.9 Å². The molecule has 0 aromatic heterocycles. The van der Waals surface area contributed by atoms with Gasteiger partial charge in [0.1, 0.15) is 0 Å². The van der Waals surface area contributed by atoms with E-state index in [1.807, 2.05) is 31.2 Å². The molecule has 0 aliphatic carbocycles. The number of halogens is 1. The molecule has 1 heterocycles. The Hall–Kier alpha value is -1.13. The molecular weight excluding hydrogens is 306 g/mol. The zero-order valence-corrected chi connectivity index (χ0v) is 12.5. The second-order valence-corrected chi connectivity index (χ2v) is 5.78. The Morgan fingerprint density at radius 2 is 2.11 bits per heavy atom. The van der Waals surface area contributed by atoms with Crippen molar-refractivity contribution in [1.82, 2.24) is 4.90 Å². The topological polar surface area (TPSA) is 40.5 Å². The van der Waals surface area contributed by atoms with Crippen molar-refractivity contribution in [2.45, 2.75) is 19.4 Å². The maximum atomic E-state index is 12.0. The van der Waals surface area contributed by atoms with Crippen LogP contribution in [0.5, 0.6) is 0 Å². The molecule has 1 N–H and O–H groups in total. The molecular formula is C15H18BrNO2. The van der Waals surface area contributed by atoms with Crippen LogP contribution in [0.3, 0.4) is 0 Å². The summed E-state index contributed by atoms with van der Waals surface area (Å²) in [4.78, 5) is 13.7. The number of nitrogens with zero attached hydrogens (tertiary/aromatic N) is 1. The van der Waals surface area contributed by atoms with Crippen LogP contribution in [0.25, 0.3) is 6.08 Å². The van der Waals surface area contributed by atoms with E-state index in [1.165, 1.54) is 0 Å². The molecule has 1 aromatic carbocycles. The van der Waals surface area contributed by atoms with Crippen LogP contribution in [0.1, 0.15) is 18.9 Å². The third-order valence-corrected chi connectivity index (χ3v) is 4.06. The van der Waals surface area contributed by atoms with Crippen molar-refractivity contribution < 1.29 is 9.90 Å². The highest BCUT2D eigenvalue weighted by Crippen LogP contribution is 2.20. The van der Waals surface area contributed by atoms with Gasteiger partial charge in [-0.05, 0) is 30.2 Å². The van der Waals surface area contributed by atoms with Crippen LogP contribution in [0.2, 0.25) is 0 Å². The molecule has 1 fully saturated rings. The van der Waals surface area contributed by atoms with Gasteiger partial charge < -0.3 is 10.0 Å². The lowest BCUT2D eigenvalue weighted by Crippen LogP contribution is -2.27. The van der Waals surface area contributed by atoms with Gasteiger partial charge in [0.25, 0.3) is 0 Å². The molecule has 1 aromatic rings. The molecule has 1 aliphatic heterocycles. The summed E-state index contributed by atoms with van der Waals surface area (Å²) in [6.07, 6.45) is 3.91. The average Bonchev–Trinajstić information content (AvgIpc) is 2.79. The first-order chi connectivity index (χ1) is 9.10. The lowest BCUT2D eigenvalue weighted by atomic mass is 10.0. The van der Waals surface area contributed by atoms with E-state index in [0.29, 0.717) is 13.1 Å². The minimum absolute atomic E-state index is 0.0297. The first kappa shape index (κ1) is 14.3. The van der Waals surface area contributed by atoms with Gasteiger partial charge in [-0.3, -0.25) is 4.79 Å². The Balaban J connectivity index is 1.96. The summed E-state index contributed by atoms with van der Waals surface area (Å²) in [5.74, 6) is 0.183. The molecule has 0 radical (unpaired) electrons. The Morgan fingerprint density at radius 1 is 1.42 bits per heavy atom. The maximum Gasteiger partial charge on any atom is 0.246 e. The minimum Gasteiger partial charge on any atom is -0.391 e. The quantitative estimate of drug-likeness (QED) is 0.869. The highest BCUT2D eigenvalue weighted by molar-refractivity contribution is 9.10. The van der Waals surface area contributed by atoms with Gasteiger partial charge in [-0.1, -0.05) is 35.0 Å². The summed E-state index contributed by atoms with van der Waals surface area (Å²) in [6.45, 7) is 3.14. The molecule has 3 nitrogen and oxygen atoms in total. The molecule has 1 aliphatic rings. The number of hydrogen-bond acceptors (Lipinski definition) is 2. The number of β-amino-alcohol motifs (C(OH)–C–C–N with tert-alkyl or cyclic N) is 1. The summed E-state index contributed by atoms with van der Waals surface area (Å²) in [7, 11) is 0. The van der Waals surface area contributed by atoms with Gasteiger partial charge in [-0.2, -0.15) is 0 Å². The average molecular weight is 324 g/mol. The molecule has 0 saturated carbocycles. The maximum absolute atomic E-state index is 12.0. The molecule has 4 heteroatoms. The molecule has 2 atom stereocenters. The van der Waals surface area contributed by atoms with Crippen molar-refractivity contribution in [2.75, 3.05) is 13.1 Å². The number of aliphatic hydroxyl groups excluding tert-OH is 1. The standard InChI is InChI=1S/C15H18BrNO2/c1-2-12-9-17(10-14(12)18)15(19)8-5-11-3-6-13(16)7-4-11/h3-8,12,14,18H,2,9-10H2,1H3. The lowest BCUT2D eigenvalue weighted by Gasteiger charge is -2.12. The number of hydrogen-bond donors (Lipinski definition) is 1. The van der Waals surface area contributed by atoms with Crippen molar-refractivity contribution in [3.63, 3.8) is 0 Å². The fourth-order valence-electron chi connectivity index (χ4n) is 2.28. The van der Waals surface area contributed by atoms with Crippen LogP contribution >= 0.6 is 15.9 Å². The van der Waals surface area contributed by atoms with E-state index in [4.69, 9.17) is 0 Å². The number of carbonyl (C=O) groups excluding carboxylic acids is 1. The van der Waals surface area contributed by atoms with Gasteiger partial charge in [-0.25, -0.2) is 0 Å². The van der Waals surface area contributed by atoms with Crippen LogP contribution in [0.4, 0.5) is 0 Å². The van der Waals surface area contributed by atoms with Crippen LogP contribution in [-0.4, -0.2) is 35.1 Å². The fourth-order valence-corrected chi connectivity index (χ4v) is 2.55. The smallest absolute Gasteiger partial charge is 0.246 e. The normalized spacial score (nSPS) is 23.2. The summed E-state index contributed by atoms with van der Waals surface area (Å²) in [6, 6.07) is 7.77. The molecule has 1 saturated heterocycles. The molecule has 0 bridgehead atoms. The number of carbonyl (C=O) groups is 1. The van der Waals surface area contributed by atoms with Gasteiger partial charge >= 0.3 is 0 Å². The van der Waals surface area contributed by atoms with Crippen LogP contribution < -0.4 is 0 Å². The lowest BCUT2D eigenvalue weighted by molar-refractivity contribution is -0.125. The Morgan fingerprint density at radius 3 is 2.68 bits per heavy atom. The molecule has 2 rings (SSSR count). The number of aliphatic hydroxyl groups is 1. The van der Waals surface area contributed by atoms with Crippen LogP contribution in [0, 0.1) is 5.92 Å². The van der Waals surface area contributed by atoms with E-state index >= 15 is 0 Å². The summed E-state index contributed by atoms with van der Waals surface area (Å²) < 4.78 is 1.02. The fraction of sp³-hybridized carbons (Fsp3) is 0.400. The molecule has 2 unspecified atom stereocenters. The highest BCUT2D eigenvalue weighted by atomic mass is 79.9. The summed E-state index contributed by atoms with van der Waals surface area (Å²) in [5, 5.41) is 9.80. The molecule has 0 spiro atoms. The third kappa shape index (κ3) is 3.67. The number of benzene rings is 1. The van der Waals surface area contributed by atoms with E-state index in [0.717, 1.165) is 16.5 Å². The zero-order valence-electron chi connectivity index (χ0n) is 10.9. The second kappa shape index (κ2) is 6.35. The SMILES string of the molecule is CCC1CN(C(=O)C=Cc2ccc(Br)cc2)CC1O.